The molecule has 0 amide bonds. The van der Waals surface area contributed by atoms with Crippen molar-refractivity contribution >= 4 is 11.8 Å². The van der Waals surface area contributed by atoms with E-state index in [0.29, 0.717) is 6.04 Å². The highest BCUT2D eigenvalue weighted by atomic mass is 15.2. The van der Waals surface area contributed by atoms with Crippen LogP contribution in [0.4, 0.5) is 11.8 Å². The molecular formula is C18H25N5. The fourth-order valence-corrected chi connectivity index (χ4v) is 3.03. The molecule has 5 nitrogen and oxygen atoms in total. The van der Waals surface area contributed by atoms with E-state index in [4.69, 9.17) is 4.98 Å². The van der Waals surface area contributed by atoms with Crippen LogP contribution in [0.2, 0.25) is 0 Å². The van der Waals surface area contributed by atoms with Crippen LogP contribution in [0.3, 0.4) is 0 Å². The lowest BCUT2D eigenvalue weighted by molar-refractivity contribution is 0.741. The fraction of sp³-hybridized carbons (Fsp3) is 0.500. The number of aromatic nitrogens is 3. The van der Waals surface area contributed by atoms with Crippen LogP contribution in [0.25, 0.3) is 0 Å². The van der Waals surface area contributed by atoms with E-state index >= 15 is 0 Å². The average molecular weight is 311 g/mol. The normalized spacial score (nSPS) is 14.9. The van der Waals surface area contributed by atoms with Gasteiger partial charge in [-0.05, 0) is 43.9 Å². The van der Waals surface area contributed by atoms with Crippen molar-refractivity contribution in [1.29, 1.82) is 0 Å². The van der Waals surface area contributed by atoms with Crippen LogP contribution >= 0.6 is 0 Å². The van der Waals surface area contributed by atoms with Crippen LogP contribution in [0.15, 0.2) is 30.6 Å². The van der Waals surface area contributed by atoms with Gasteiger partial charge in [-0.15, -0.1) is 0 Å². The highest BCUT2D eigenvalue weighted by molar-refractivity contribution is 5.44. The first kappa shape index (κ1) is 15.7. The van der Waals surface area contributed by atoms with Gasteiger partial charge >= 0.3 is 0 Å². The maximum Gasteiger partial charge on any atom is 0.225 e. The van der Waals surface area contributed by atoms with Crippen molar-refractivity contribution in [1.82, 2.24) is 15.0 Å². The summed E-state index contributed by atoms with van der Waals surface area (Å²) < 4.78 is 0. The monoisotopic (exact) mass is 311 g/mol. The van der Waals surface area contributed by atoms with Crippen molar-refractivity contribution in [3.8, 4) is 0 Å². The first-order valence-corrected chi connectivity index (χ1v) is 8.43. The van der Waals surface area contributed by atoms with E-state index in [9.17, 15) is 0 Å². The molecule has 0 aromatic carbocycles. The Morgan fingerprint density at radius 3 is 2.65 bits per heavy atom. The minimum atomic E-state index is 0.534. The maximum atomic E-state index is 4.70. The third kappa shape index (κ3) is 4.41. The van der Waals surface area contributed by atoms with Crippen LogP contribution in [0, 0.1) is 6.92 Å². The van der Waals surface area contributed by atoms with Crippen LogP contribution in [-0.2, 0) is 6.42 Å². The summed E-state index contributed by atoms with van der Waals surface area (Å²) in [6.45, 7) is 2.95. The van der Waals surface area contributed by atoms with Crippen molar-refractivity contribution in [3.63, 3.8) is 0 Å². The Morgan fingerprint density at radius 2 is 1.91 bits per heavy atom. The molecule has 1 saturated carbocycles. The zero-order chi connectivity index (χ0) is 16.1. The van der Waals surface area contributed by atoms with Gasteiger partial charge < -0.3 is 10.2 Å². The summed E-state index contributed by atoms with van der Waals surface area (Å²) in [7, 11) is 2.09. The molecule has 0 aliphatic heterocycles. The smallest absolute Gasteiger partial charge is 0.225 e. The molecule has 0 unspecified atom stereocenters. The van der Waals surface area contributed by atoms with E-state index in [-0.39, 0.29) is 0 Å². The molecule has 0 radical (unpaired) electrons. The largest absolute Gasteiger partial charge is 0.359 e. The molecule has 1 aliphatic rings. The van der Waals surface area contributed by atoms with Crippen LogP contribution < -0.4 is 10.2 Å². The second-order valence-electron chi connectivity index (χ2n) is 6.34. The third-order valence-corrected chi connectivity index (χ3v) is 4.41. The molecule has 2 aromatic heterocycles. The van der Waals surface area contributed by atoms with E-state index in [0.717, 1.165) is 30.4 Å². The summed E-state index contributed by atoms with van der Waals surface area (Å²) in [6, 6.07) is 6.71. The molecule has 2 aromatic rings. The molecule has 0 atom stereocenters. The quantitative estimate of drug-likeness (QED) is 0.888. The molecule has 1 fully saturated rings. The van der Waals surface area contributed by atoms with Crippen LogP contribution in [-0.4, -0.2) is 34.6 Å². The lowest BCUT2D eigenvalue weighted by Gasteiger charge is -2.20. The number of hydrogen-bond acceptors (Lipinski definition) is 5. The maximum absolute atomic E-state index is 4.70. The van der Waals surface area contributed by atoms with Crippen LogP contribution in [0.5, 0.6) is 0 Å². The van der Waals surface area contributed by atoms with Gasteiger partial charge in [0, 0.05) is 43.8 Å². The number of rotatable bonds is 6. The molecule has 0 spiro atoms. The Hall–Kier alpha value is -2.17. The Bertz CT molecular complexity index is 623. The molecule has 2 heterocycles. The molecule has 122 valence electrons. The SMILES string of the molecule is Cc1cc(N(C)CCc2ccncc2)nc(NC2CCCC2)n1. The van der Waals surface area contributed by atoms with Gasteiger partial charge in [0.1, 0.15) is 5.82 Å². The summed E-state index contributed by atoms with van der Waals surface area (Å²) in [4.78, 5) is 15.5. The Morgan fingerprint density at radius 1 is 1.17 bits per heavy atom. The highest BCUT2D eigenvalue weighted by Crippen LogP contribution is 2.22. The number of anilines is 2. The summed E-state index contributed by atoms with van der Waals surface area (Å²) >= 11 is 0. The van der Waals surface area contributed by atoms with E-state index in [1.54, 1.807) is 0 Å². The number of nitrogens with one attached hydrogen (secondary N) is 1. The van der Waals surface area contributed by atoms with Crippen molar-refractivity contribution < 1.29 is 0 Å². The number of aryl methyl sites for hydroxylation is 1. The topological polar surface area (TPSA) is 53.9 Å². The Kier molecular flexibility index (Phi) is 5.05. The molecule has 0 saturated heterocycles. The number of hydrogen-bond donors (Lipinski definition) is 1. The highest BCUT2D eigenvalue weighted by Gasteiger charge is 2.16. The molecule has 1 aliphatic carbocycles. The minimum Gasteiger partial charge on any atom is -0.359 e. The summed E-state index contributed by atoms with van der Waals surface area (Å²) in [5, 5.41) is 3.49. The first-order valence-electron chi connectivity index (χ1n) is 8.43. The Labute approximate surface area is 138 Å². The van der Waals surface area contributed by atoms with Gasteiger partial charge in [-0.1, -0.05) is 12.8 Å². The molecule has 5 heteroatoms. The minimum absolute atomic E-state index is 0.534. The summed E-state index contributed by atoms with van der Waals surface area (Å²) in [6.07, 6.45) is 9.73. The lowest BCUT2D eigenvalue weighted by atomic mass is 10.2. The number of nitrogens with zero attached hydrogens (tertiary/aromatic N) is 4. The predicted molar refractivity (Wildman–Crippen MR) is 93.9 cm³/mol. The van der Waals surface area contributed by atoms with Crippen molar-refractivity contribution in [3.05, 3.63) is 41.9 Å². The van der Waals surface area contributed by atoms with Crippen molar-refractivity contribution in [2.75, 3.05) is 23.8 Å². The van der Waals surface area contributed by atoms with Gasteiger partial charge in [0.25, 0.3) is 0 Å². The van der Waals surface area contributed by atoms with Gasteiger partial charge in [0.15, 0.2) is 0 Å². The van der Waals surface area contributed by atoms with Crippen molar-refractivity contribution in [2.45, 2.75) is 45.1 Å². The molecule has 3 rings (SSSR count). The number of likely N-dealkylation sites (N-methyl/N-ethyl adjacent to an activating group) is 1. The van der Waals surface area contributed by atoms with Gasteiger partial charge in [-0.3, -0.25) is 4.98 Å². The van der Waals surface area contributed by atoms with Gasteiger partial charge in [0.05, 0.1) is 0 Å². The Balaban J connectivity index is 1.64. The second kappa shape index (κ2) is 7.40. The molecular weight excluding hydrogens is 286 g/mol. The molecule has 23 heavy (non-hydrogen) atoms. The van der Waals surface area contributed by atoms with E-state index in [1.165, 1.54) is 31.2 Å². The van der Waals surface area contributed by atoms with Gasteiger partial charge in [-0.25, -0.2) is 4.98 Å². The summed E-state index contributed by atoms with van der Waals surface area (Å²) in [5.74, 6) is 1.75. The standard InChI is InChI=1S/C18H25N5/c1-14-13-17(22-18(20-14)21-16-5-3-4-6-16)23(2)12-9-15-7-10-19-11-8-15/h7-8,10-11,13,16H,3-6,9,12H2,1-2H3,(H,20,21,22). The third-order valence-electron chi connectivity index (χ3n) is 4.41. The van der Waals surface area contributed by atoms with Gasteiger partial charge in [0.2, 0.25) is 5.95 Å². The summed E-state index contributed by atoms with van der Waals surface area (Å²) in [5.41, 5.74) is 2.30. The van der Waals surface area contributed by atoms with Crippen molar-refractivity contribution in [2.24, 2.45) is 0 Å². The van der Waals surface area contributed by atoms with E-state index in [2.05, 4.69) is 39.4 Å². The number of pyridine rings is 1. The van der Waals surface area contributed by atoms with Crippen LogP contribution in [0.1, 0.15) is 36.9 Å². The zero-order valence-electron chi connectivity index (χ0n) is 14.0. The zero-order valence-corrected chi connectivity index (χ0v) is 14.0. The average Bonchev–Trinajstić information content (AvgIpc) is 3.06. The predicted octanol–water partition coefficient (Wildman–Crippen LogP) is 3.21. The second-order valence-corrected chi connectivity index (χ2v) is 6.34. The lowest BCUT2D eigenvalue weighted by Crippen LogP contribution is -2.23. The van der Waals surface area contributed by atoms with E-state index < -0.39 is 0 Å². The molecule has 1 N–H and O–H groups in total. The van der Waals surface area contributed by atoms with Gasteiger partial charge in [-0.2, -0.15) is 4.98 Å². The molecule has 0 bridgehead atoms. The van der Waals surface area contributed by atoms with E-state index in [1.807, 2.05) is 25.4 Å². The first-order chi connectivity index (χ1) is 11.2. The fourth-order valence-electron chi connectivity index (χ4n) is 3.03.